The van der Waals surface area contributed by atoms with Crippen molar-refractivity contribution in [3.8, 4) is 0 Å². The molecule has 0 unspecified atom stereocenters. The van der Waals surface area contributed by atoms with E-state index in [1.807, 2.05) is 18.7 Å². The Morgan fingerprint density at radius 3 is 2.96 bits per heavy atom. The average Bonchev–Trinajstić information content (AvgIpc) is 2.99. The van der Waals surface area contributed by atoms with Crippen molar-refractivity contribution < 1.29 is 9.18 Å². The van der Waals surface area contributed by atoms with Gasteiger partial charge >= 0.3 is 0 Å². The monoisotopic (exact) mass is 341 g/mol. The Morgan fingerprint density at radius 2 is 2.20 bits per heavy atom. The van der Waals surface area contributed by atoms with Crippen molar-refractivity contribution >= 4 is 28.8 Å². The number of hydrogen-bond acceptors (Lipinski definition) is 5. The highest BCUT2D eigenvalue weighted by Gasteiger charge is 2.25. The van der Waals surface area contributed by atoms with Crippen LogP contribution < -0.4 is 10.2 Å². The van der Waals surface area contributed by atoms with Crippen LogP contribution in [0.2, 0.25) is 0 Å². The van der Waals surface area contributed by atoms with Gasteiger partial charge in [-0.2, -0.15) is 0 Å². The molecular formula is C18H20FN5O. The summed E-state index contributed by atoms with van der Waals surface area (Å²) in [6.07, 6.45) is 2.21. The van der Waals surface area contributed by atoms with Crippen LogP contribution in [0.3, 0.4) is 0 Å². The zero-order chi connectivity index (χ0) is 18.0. The minimum Gasteiger partial charge on any atom is -0.351 e. The molecule has 0 aliphatic carbocycles. The summed E-state index contributed by atoms with van der Waals surface area (Å²) in [7, 11) is 0. The lowest BCUT2D eigenvalue weighted by molar-refractivity contribution is -0.114. The summed E-state index contributed by atoms with van der Waals surface area (Å²) in [6, 6.07) is 4.74. The molecule has 7 heteroatoms. The Morgan fingerprint density at radius 1 is 1.40 bits per heavy atom. The van der Waals surface area contributed by atoms with Crippen LogP contribution in [-0.2, 0) is 11.2 Å². The van der Waals surface area contributed by atoms with E-state index in [0.717, 1.165) is 17.7 Å². The van der Waals surface area contributed by atoms with E-state index in [1.165, 1.54) is 12.4 Å². The largest absolute Gasteiger partial charge is 0.351 e. The van der Waals surface area contributed by atoms with Gasteiger partial charge in [0.15, 0.2) is 5.82 Å². The second-order valence-corrected chi connectivity index (χ2v) is 5.86. The van der Waals surface area contributed by atoms with Crippen molar-refractivity contribution in [2.75, 3.05) is 18.0 Å². The summed E-state index contributed by atoms with van der Waals surface area (Å²) in [6.45, 7) is 6.56. The molecule has 0 radical (unpaired) electrons. The van der Waals surface area contributed by atoms with Crippen molar-refractivity contribution in [1.29, 1.82) is 0 Å². The van der Waals surface area contributed by atoms with Gasteiger partial charge in [-0.3, -0.25) is 4.79 Å². The molecule has 1 aromatic carbocycles. The molecule has 1 amide bonds. The molecular weight excluding hydrogens is 321 g/mol. The maximum absolute atomic E-state index is 13.5. The number of carbonyl (C=O) groups excluding carboxylic acids is 1. The molecule has 0 saturated heterocycles. The molecule has 6 nitrogen and oxygen atoms in total. The van der Waals surface area contributed by atoms with Crippen molar-refractivity contribution in [3.63, 3.8) is 0 Å². The van der Waals surface area contributed by atoms with Crippen LogP contribution in [0.15, 0.2) is 29.5 Å². The molecule has 1 aliphatic heterocycles. The van der Waals surface area contributed by atoms with Gasteiger partial charge in [0, 0.05) is 18.8 Å². The first kappa shape index (κ1) is 17.0. The fraction of sp³-hybridized carbons (Fsp3) is 0.333. The van der Waals surface area contributed by atoms with Crippen molar-refractivity contribution in [2.45, 2.75) is 27.2 Å². The number of aromatic nitrogens is 2. The van der Waals surface area contributed by atoms with E-state index in [2.05, 4.69) is 20.3 Å². The first-order valence-electron chi connectivity index (χ1n) is 8.22. The third-order valence-corrected chi connectivity index (χ3v) is 4.12. The predicted molar refractivity (Wildman–Crippen MR) is 95.3 cm³/mol. The molecule has 1 N–H and O–H groups in total. The minimum atomic E-state index is -0.246. The van der Waals surface area contributed by atoms with E-state index < -0.39 is 0 Å². The number of halogens is 1. The number of rotatable bonds is 4. The summed E-state index contributed by atoms with van der Waals surface area (Å²) in [5.41, 5.74) is 3.44. The number of benzene rings is 1. The van der Waals surface area contributed by atoms with Crippen LogP contribution in [0.25, 0.3) is 0 Å². The Labute approximate surface area is 145 Å². The normalized spacial score (nSPS) is 13.8. The van der Waals surface area contributed by atoms with E-state index >= 15 is 0 Å². The van der Waals surface area contributed by atoms with E-state index in [4.69, 9.17) is 0 Å². The maximum Gasteiger partial charge on any atom is 0.265 e. The van der Waals surface area contributed by atoms with Crippen LogP contribution in [-0.4, -0.2) is 34.7 Å². The Kier molecular flexibility index (Phi) is 4.74. The summed E-state index contributed by atoms with van der Waals surface area (Å²) in [5, 5.41) is 2.73. The van der Waals surface area contributed by atoms with Gasteiger partial charge in [-0.1, -0.05) is 0 Å². The number of nitrogens with zero attached hydrogens (tertiary/aromatic N) is 4. The van der Waals surface area contributed by atoms with Gasteiger partial charge in [0.05, 0.1) is 5.69 Å². The lowest BCUT2D eigenvalue weighted by Crippen LogP contribution is -2.29. The molecule has 1 aromatic heterocycles. The smallest absolute Gasteiger partial charge is 0.265 e. The van der Waals surface area contributed by atoms with Crippen molar-refractivity contribution in [2.24, 2.45) is 4.99 Å². The standard InChI is InChI=1S/C18H20FN5O/c1-4-20-18(25)12(3)23-16-11(2)21-10-22-17(16)24-8-7-13-9-14(19)5-6-15(13)24/h5-6,9-10H,4,7-8H2,1-3H3,(H,20,25). The third kappa shape index (κ3) is 3.35. The van der Waals surface area contributed by atoms with Gasteiger partial charge < -0.3 is 10.2 Å². The number of amides is 1. The van der Waals surface area contributed by atoms with Gasteiger partial charge in [0.2, 0.25) is 0 Å². The van der Waals surface area contributed by atoms with Crippen LogP contribution in [0, 0.1) is 12.7 Å². The number of hydrogen-bond donors (Lipinski definition) is 1. The zero-order valence-corrected chi connectivity index (χ0v) is 14.5. The molecule has 130 valence electrons. The second-order valence-electron chi connectivity index (χ2n) is 5.86. The fourth-order valence-corrected chi connectivity index (χ4v) is 2.88. The quantitative estimate of drug-likeness (QED) is 0.868. The first-order chi connectivity index (χ1) is 12.0. The molecule has 3 rings (SSSR count). The van der Waals surface area contributed by atoms with Gasteiger partial charge in [-0.15, -0.1) is 0 Å². The minimum absolute atomic E-state index is 0.222. The van der Waals surface area contributed by atoms with Crippen LogP contribution in [0.1, 0.15) is 25.1 Å². The predicted octanol–water partition coefficient (Wildman–Crippen LogP) is 2.85. The average molecular weight is 341 g/mol. The SMILES string of the molecule is CCNC(=O)C(C)=Nc1c(C)ncnc1N1CCc2cc(F)ccc21. The molecule has 0 bridgehead atoms. The highest BCUT2D eigenvalue weighted by Crippen LogP contribution is 2.39. The van der Waals surface area contributed by atoms with Gasteiger partial charge in [-0.05, 0) is 51.0 Å². The number of nitrogens with one attached hydrogen (secondary N) is 1. The van der Waals surface area contributed by atoms with Gasteiger partial charge in [0.1, 0.15) is 23.5 Å². The van der Waals surface area contributed by atoms with Crippen molar-refractivity contribution in [1.82, 2.24) is 15.3 Å². The van der Waals surface area contributed by atoms with Crippen LogP contribution >= 0.6 is 0 Å². The van der Waals surface area contributed by atoms with Crippen LogP contribution in [0.4, 0.5) is 21.6 Å². The highest BCUT2D eigenvalue weighted by atomic mass is 19.1. The first-order valence-corrected chi connectivity index (χ1v) is 8.22. The summed E-state index contributed by atoms with van der Waals surface area (Å²) < 4.78 is 13.5. The van der Waals surface area contributed by atoms with E-state index in [1.54, 1.807) is 19.1 Å². The number of aliphatic imine (C=N–C) groups is 1. The third-order valence-electron chi connectivity index (χ3n) is 4.12. The number of anilines is 2. The molecule has 0 fully saturated rings. The Bertz CT molecular complexity index is 849. The summed E-state index contributed by atoms with van der Waals surface area (Å²) in [5.74, 6) is 0.159. The molecule has 25 heavy (non-hydrogen) atoms. The summed E-state index contributed by atoms with van der Waals surface area (Å²) >= 11 is 0. The molecule has 2 heterocycles. The zero-order valence-electron chi connectivity index (χ0n) is 14.5. The number of aryl methyl sites for hydroxylation is 1. The van der Waals surface area contributed by atoms with E-state index in [-0.39, 0.29) is 11.7 Å². The Balaban J connectivity index is 2.04. The molecule has 0 spiro atoms. The van der Waals surface area contributed by atoms with Crippen molar-refractivity contribution in [3.05, 3.63) is 41.6 Å². The van der Waals surface area contributed by atoms with E-state index in [9.17, 15) is 9.18 Å². The lowest BCUT2D eigenvalue weighted by atomic mass is 10.1. The molecule has 0 saturated carbocycles. The summed E-state index contributed by atoms with van der Waals surface area (Å²) in [4.78, 5) is 27.0. The lowest BCUT2D eigenvalue weighted by Gasteiger charge is -2.20. The van der Waals surface area contributed by atoms with Crippen LogP contribution in [0.5, 0.6) is 0 Å². The molecule has 2 aromatic rings. The topological polar surface area (TPSA) is 70.5 Å². The molecule has 0 atom stereocenters. The maximum atomic E-state index is 13.5. The molecule has 1 aliphatic rings. The number of carbonyl (C=O) groups is 1. The fourth-order valence-electron chi connectivity index (χ4n) is 2.88. The Hall–Kier alpha value is -2.83. The van der Waals surface area contributed by atoms with E-state index in [0.29, 0.717) is 36.0 Å². The highest BCUT2D eigenvalue weighted by molar-refractivity contribution is 6.38. The number of fused-ring (bicyclic) bond motifs is 1. The second kappa shape index (κ2) is 6.96. The van der Waals surface area contributed by atoms with Gasteiger partial charge in [-0.25, -0.2) is 19.4 Å². The van der Waals surface area contributed by atoms with Gasteiger partial charge in [0.25, 0.3) is 5.91 Å².